The van der Waals surface area contributed by atoms with E-state index in [0.717, 1.165) is 12.0 Å². The number of aryl methyl sites for hydroxylation is 1. The standard InChI is InChI=1S/C17H19ClFNO/c1-5-11-6-7-15(13(8-11)17(2,3)4)21-16-14(19)9-12(18)10-20-16/h6-10H,5H2,1-4H3. The molecule has 1 heterocycles. The quantitative estimate of drug-likeness (QED) is 0.744. The molecule has 0 aliphatic rings. The highest BCUT2D eigenvalue weighted by Crippen LogP contribution is 2.35. The van der Waals surface area contributed by atoms with Crippen molar-refractivity contribution in [3.8, 4) is 11.6 Å². The van der Waals surface area contributed by atoms with Gasteiger partial charge in [0.15, 0.2) is 5.82 Å². The van der Waals surface area contributed by atoms with E-state index in [-0.39, 0.29) is 16.3 Å². The first-order chi connectivity index (χ1) is 9.81. The molecule has 0 saturated carbocycles. The van der Waals surface area contributed by atoms with E-state index in [1.54, 1.807) is 0 Å². The molecule has 112 valence electrons. The Bertz CT molecular complexity index is 650. The lowest BCUT2D eigenvalue weighted by Crippen LogP contribution is -2.13. The van der Waals surface area contributed by atoms with Crippen LogP contribution in [0.5, 0.6) is 11.6 Å². The van der Waals surface area contributed by atoms with Crippen molar-refractivity contribution in [2.75, 3.05) is 0 Å². The summed E-state index contributed by atoms with van der Waals surface area (Å²) in [5.41, 5.74) is 2.14. The van der Waals surface area contributed by atoms with Gasteiger partial charge in [-0.3, -0.25) is 0 Å². The van der Waals surface area contributed by atoms with E-state index >= 15 is 0 Å². The number of pyridine rings is 1. The summed E-state index contributed by atoms with van der Waals surface area (Å²) in [7, 11) is 0. The molecule has 0 bridgehead atoms. The van der Waals surface area contributed by atoms with Crippen LogP contribution in [0.1, 0.15) is 38.8 Å². The van der Waals surface area contributed by atoms with E-state index < -0.39 is 5.82 Å². The fraction of sp³-hybridized carbons (Fsp3) is 0.353. The van der Waals surface area contributed by atoms with Crippen molar-refractivity contribution in [1.82, 2.24) is 4.98 Å². The monoisotopic (exact) mass is 307 g/mol. The molecule has 1 aromatic carbocycles. The van der Waals surface area contributed by atoms with Gasteiger partial charge < -0.3 is 4.74 Å². The minimum atomic E-state index is -0.568. The molecule has 4 heteroatoms. The van der Waals surface area contributed by atoms with Crippen molar-refractivity contribution in [2.45, 2.75) is 39.5 Å². The number of aromatic nitrogens is 1. The first-order valence-electron chi connectivity index (χ1n) is 6.93. The lowest BCUT2D eigenvalue weighted by Gasteiger charge is -2.23. The third-order valence-electron chi connectivity index (χ3n) is 3.24. The lowest BCUT2D eigenvalue weighted by molar-refractivity contribution is 0.408. The average Bonchev–Trinajstić information content (AvgIpc) is 2.41. The molecule has 0 aliphatic heterocycles. The highest BCUT2D eigenvalue weighted by atomic mass is 35.5. The molecule has 0 saturated heterocycles. The van der Waals surface area contributed by atoms with Gasteiger partial charge in [-0.1, -0.05) is 51.4 Å². The second kappa shape index (κ2) is 6.02. The molecule has 0 spiro atoms. The number of nitrogens with zero attached hydrogens (tertiary/aromatic N) is 1. The van der Waals surface area contributed by atoms with Crippen LogP contribution >= 0.6 is 11.6 Å². The first kappa shape index (κ1) is 15.8. The lowest BCUT2D eigenvalue weighted by atomic mass is 9.85. The van der Waals surface area contributed by atoms with Gasteiger partial charge in [-0.15, -0.1) is 0 Å². The van der Waals surface area contributed by atoms with Gasteiger partial charge in [0, 0.05) is 11.8 Å². The number of halogens is 2. The highest BCUT2D eigenvalue weighted by Gasteiger charge is 2.21. The highest BCUT2D eigenvalue weighted by molar-refractivity contribution is 6.30. The van der Waals surface area contributed by atoms with Gasteiger partial charge in [0.2, 0.25) is 0 Å². The molecule has 0 atom stereocenters. The van der Waals surface area contributed by atoms with Gasteiger partial charge in [-0.2, -0.15) is 0 Å². The Labute approximate surface area is 129 Å². The van der Waals surface area contributed by atoms with Crippen molar-refractivity contribution in [3.63, 3.8) is 0 Å². The minimum Gasteiger partial charge on any atom is -0.436 e. The van der Waals surface area contributed by atoms with E-state index in [4.69, 9.17) is 16.3 Å². The average molecular weight is 308 g/mol. The smallest absolute Gasteiger partial charge is 0.255 e. The zero-order valence-electron chi connectivity index (χ0n) is 12.7. The predicted molar refractivity (Wildman–Crippen MR) is 83.8 cm³/mol. The summed E-state index contributed by atoms with van der Waals surface area (Å²) in [4.78, 5) is 3.91. The fourth-order valence-electron chi connectivity index (χ4n) is 2.05. The Hall–Kier alpha value is -1.61. The van der Waals surface area contributed by atoms with E-state index in [1.165, 1.54) is 17.8 Å². The Morgan fingerprint density at radius 3 is 2.52 bits per heavy atom. The molecule has 0 N–H and O–H groups in total. The maximum Gasteiger partial charge on any atom is 0.255 e. The third-order valence-corrected chi connectivity index (χ3v) is 3.45. The molecule has 0 amide bonds. The first-order valence-corrected chi connectivity index (χ1v) is 7.31. The molecule has 0 unspecified atom stereocenters. The van der Waals surface area contributed by atoms with Gasteiger partial charge in [0.05, 0.1) is 5.02 Å². The van der Waals surface area contributed by atoms with Crippen LogP contribution in [0.3, 0.4) is 0 Å². The summed E-state index contributed by atoms with van der Waals surface area (Å²) < 4.78 is 19.5. The van der Waals surface area contributed by atoms with E-state index in [2.05, 4.69) is 38.7 Å². The zero-order chi connectivity index (χ0) is 15.6. The van der Waals surface area contributed by atoms with Crippen LogP contribution < -0.4 is 4.74 Å². The van der Waals surface area contributed by atoms with Crippen molar-refractivity contribution in [2.24, 2.45) is 0 Å². The Morgan fingerprint density at radius 1 is 1.24 bits per heavy atom. The maximum atomic E-state index is 13.8. The number of benzene rings is 1. The summed E-state index contributed by atoms with van der Waals surface area (Å²) in [5, 5.41) is 0.247. The van der Waals surface area contributed by atoms with Gasteiger partial charge in [0.1, 0.15) is 5.75 Å². The minimum absolute atomic E-state index is 0.0610. The topological polar surface area (TPSA) is 22.1 Å². The maximum absolute atomic E-state index is 13.8. The van der Waals surface area contributed by atoms with Crippen molar-refractivity contribution < 1.29 is 9.13 Å². The second-order valence-corrected chi connectivity index (χ2v) is 6.41. The molecule has 0 aliphatic carbocycles. The largest absolute Gasteiger partial charge is 0.436 e. The van der Waals surface area contributed by atoms with Gasteiger partial charge in [-0.25, -0.2) is 9.37 Å². The molecule has 0 radical (unpaired) electrons. The van der Waals surface area contributed by atoms with Crippen molar-refractivity contribution in [1.29, 1.82) is 0 Å². The van der Waals surface area contributed by atoms with Crippen LogP contribution in [0.15, 0.2) is 30.5 Å². The van der Waals surface area contributed by atoms with Crippen LogP contribution in [0, 0.1) is 5.82 Å². The SMILES string of the molecule is CCc1ccc(Oc2ncc(Cl)cc2F)c(C(C)(C)C)c1. The molecule has 2 rings (SSSR count). The second-order valence-electron chi connectivity index (χ2n) is 5.98. The van der Waals surface area contributed by atoms with E-state index in [1.807, 2.05) is 12.1 Å². The van der Waals surface area contributed by atoms with E-state index in [0.29, 0.717) is 5.75 Å². The number of hydrogen-bond donors (Lipinski definition) is 0. The Morgan fingerprint density at radius 2 is 1.95 bits per heavy atom. The van der Waals surface area contributed by atoms with Crippen molar-refractivity contribution in [3.05, 3.63) is 52.4 Å². The molecule has 2 nitrogen and oxygen atoms in total. The molecule has 0 fully saturated rings. The zero-order valence-corrected chi connectivity index (χ0v) is 13.5. The summed E-state index contributed by atoms with van der Waals surface area (Å²) in [5.74, 6) is -0.00972. The number of hydrogen-bond acceptors (Lipinski definition) is 2. The van der Waals surface area contributed by atoms with Crippen LogP contribution in [-0.4, -0.2) is 4.98 Å². The van der Waals surface area contributed by atoms with Crippen LogP contribution in [-0.2, 0) is 11.8 Å². The third kappa shape index (κ3) is 3.73. The molecular weight excluding hydrogens is 289 g/mol. The predicted octanol–water partition coefficient (Wildman–Crippen LogP) is 5.53. The Kier molecular flexibility index (Phi) is 4.52. The van der Waals surface area contributed by atoms with Gasteiger partial charge >= 0.3 is 0 Å². The molecule has 1 aromatic heterocycles. The number of rotatable bonds is 3. The van der Waals surface area contributed by atoms with Gasteiger partial charge in [0.25, 0.3) is 5.88 Å². The van der Waals surface area contributed by atoms with Crippen molar-refractivity contribution >= 4 is 11.6 Å². The Balaban J connectivity index is 2.44. The fourth-order valence-corrected chi connectivity index (χ4v) is 2.20. The molecule has 21 heavy (non-hydrogen) atoms. The molecule has 2 aromatic rings. The summed E-state index contributed by atoms with van der Waals surface area (Å²) in [6.45, 7) is 8.39. The van der Waals surface area contributed by atoms with Crippen LogP contribution in [0.25, 0.3) is 0 Å². The normalized spacial score (nSPS) is 11.5. The summed E-state index contributed by atoms with van der Waals surface area (Å²) in [6, 6.07) is 7.15. The van der Waals surface area contributed by atoms with E-state index in [9.17, 15) is 4.39 Å². The van der Waals surface area contributed by atoms with Crippen LogP contribution in [0.2, 0.25) is 5.02 Å². The summed E-state index contributed by atoms with van der Waals surface area (Å²) >= 11 is 5.71. The summed E-state index contributed by atoms with van der Waals surface area (Å²) in [6.07, 6.45) is 2.31. The van der Waals surface area contributed by atoms with Crippen LogP contribution in [0.4, 0.5) is 4.39 Å². The molecular formula is C17H19ClFNO. The van der Waals surface area contributed by atoms with Gasteiger partial charge in [-0.05, 0) is 29.5 Å². The number of ether oxygens (including phenoxy) is 1.